The summed E-state index contributed by atoms with van der Waals surface area (Å²) in [6.07, 6.45) is 6.49. The number of allylic oxidation sites excluding steroid dienone is 1. The van der Waals surface area contributed by atoms with Gasteiger partial charge in [0.15, 0.2) is 0 Å². The van der Waals surface area contributed by atoms with Crippen molar-refractivity contribution in [3.63, 3.8) is 0 Å². The van der Waals surface area contributed by atoms with Gasteiger partial charge in [-0.05, 0) is 97.3 Å². The van der Waals surface area contributed by atoms with Crippen LogP contribution in [0.5, 0.6) is 0 Å². The Morgan fingerprint density at radius 3 is 2.04 bits per heavy atom. The fourth-order valence-corrected chi connectivity index (χ4v) is 9.28. The van der Waals surface area contributed by atoms with Crippen molar-refractivity contribution in [1.82, 2.24) is 14.1 Å². The predicted octanol–water partition coefficient (Wildman–Crippen LogP) is 10.0. The minimum absolute atomic E-state index is 0.156. The van der Waals surface area contributed by atoms with E-state index < -0.39 is 9.84 Å². The van der Waals surface area contributed by atoms with Crippen LogP contribution in [0.4, 0.5) is 0 Å². The molecule has 9 aromatic rings. The van der Waals surface area contributed by atoms with E-state index in [9.17, 15) is 13.7 Å². The number of rotatable bonds is 4. The number of para-hydroxylation sites is 3. The van der Waals surface area contributed by atoms with Gasteiger partial charge in [0.25, 0.3) is 0 Å². The summed E-state index contributed by atoms with van der Waals surface area (Å²) in [5, 5.41) is 15.0. The highest BCUT2D eigenvalue weighted by Crippen LogP contribution is 2.48. The van der Waals surface area contributed by atoms with Gasteiger partial charge in [0.1, 0.15) is 0 Å². The van der Waals surface area contributed by atoms with Crippen molar-refractivity contribution in [2.24, 2.45) is 0 Å². The normalized spacial score (nSPS) is 13.1. The van der Waals surface area contributed by atoms with Crippen LogP contribution in [0, 0.1) is 11.3 Å². The second-order valence-electron chi connectivity index (χ2n) is 12.8. The Bertz CT molecular complexity index is 3030. The summed E-state index contributed by atoms with van der Waals surface area (Å²) in [5.74, 6) is 0. The van der Waals surface area contributed by atoms with Gasteiger partial charge in [0, 0.05) is 49.5 Å². The second kappa shape index (κ2) is 10.6. The van der Waals surface area contributed by atoms with Crippen LogP contribution in [0.3, 0.4) is 0 Å². The zero-order valence-electron chi connectivity index (χ0n) is 26.8. The van der Waals surface area contributed by atoms with Crippen molar-refractivity contribution in [3.8, 4) is 17.4 Å². The molecule has 10 rings (SSSR count). The summed E-state index contributed by atoms with van der Waals surface area (Å²) in [7, 11) is -3.79. The average Bonchev–Trinajstić information content (AvgIpc) is 3.83. The minimum atomic E-state index is -3.79. The van der Waals surface area contributed by atoms with Gasteiger partial charge in [-0.3, -0.25) is 0 Å². The van der Waals surface area contributed by atoms with E-state index in [1.54, 1.807) is 12.1 Å². The van der Waals surface area contributed by atoms with Crippen LogP contribution in [0.2, 0.25) is 0 Å². The maximum atomic E-state index is 13.7. The highest BCUT2D eigenvalue weighted by molar-refractivity contribution is 7.91. The summed E-state index contributed by atoms with van der Waals surface area (Å²) < 4.78 is 32.0. The highest BCUT2D eigenvalue weighted by atomic mass is 32.2. The maximum absolute atomic E-state index is 13.7. The zero-order valence-corrected chi connectivity index (χ0v) is 27.6. The van der Waals surface area contributed by atoms with E-state index in [0.29, 0.717) is 5.56 Å². The summed E-state index contributed by atoms with van der Waals surface area (Å²) in [5.41, 5.74) is 10.4. The fourth-order valence-electron chi connectivity index (χ4n) is 8.02. The number of nitriles is 1. The molecule has 3 aromatic heterocycles. The first-order valence-corrected chi connectivity index (χ1v) is 18.1. The van der Waals surface area contributed by atoms with Gasteiger partial charge in [-0.2, -0.15) is 5.26 Å². The third kappa shape index (κ3) is 3.91. The number of fused-ring (bicyclic) bond motifs is 12. The summed E-state index contributed by atoms with van der Waals surface area (Å²) in [6.45, 7) is 0. The van der Waals surface area contributed by atoms with Crippen molar-refractivity contribution in [3.05, 3.63) is 150 Å². The molecule has 0 fully saturated rings. The van der Waals surface area contributed by atoms with Gasteiger partial charge in [0.05, 0.1) is 43.5 Å². The van der Waals surface area contributed by atoms with Crippen molar-refractivity contribution >= 4 is 70.4 Å². The standard InChI is InChI=1S/C43H28N4O2S/c44-26-27-18-22-30(23-19-27)50(48,49)31-24-20-29(21-25-31)47-37-17-9-6-14-34(37)40-42(47)38-32-12-4-7-15-35(32)45-41(38)39-33-13-5-8-16-36(33)46(43(39)40)28-10-2-1-3-11-28/h1-4,6-12,14-25,45H,5,13H2. The van der Waals surface area contributed by atoms with E-state index in [0.717, 1.165) is 73.3 Å². The molecule has 0 spiro atoms. The molecule has 0 bridgehead atoms. The number of nitrogens with one attached hydrogen (secondary N) is 1. The lowest BCUT2D eigenvalue weighted by molar-refractivity contribution is 0.596. The van der Waals surface area contributed by atoms with Gasteiger partial charge >= 0.3 is 0 Å². The molecule has 0 unspecified atom stereocenters. The van der Waals surface area contributed by atoms with Crippen LogP contribution >= 0.6 is 0 Å². The van der Waals surface area contributed by atoms with Crippen LogP contribution in [0.25, 0.3) is 72.0 Å². The molecule has 6 nitrogen and oxygen atoms in total. The molecule has 50 heavy (non-hydrogen) atoms. The number of sulfone groups is 1. The van der Waals surface area contributed by atoms with Gasteiger partial charge < -0.3 is 14.1 Å². The zero-order chi connectivity index (χ0) is 33.6. The number of hydrogen-bond donors (Lipinski definition) is 1. The van der Waals surface area contributed by atoms with E-state index >= 15 is 0 Å². The van der Waals surface area contributed by atoms with E-state index in [1.165, 1.54) is 40.9 Å². The van der Waals surface area contributed by atoms with Crippen LogP contribution in [-0.2, 0) is 16.3 Å². The Morgan fingerprint density at radius 1 is 0.640 bits per heavy atom. The highest BCUT2D eigenvalue weighted by Gasteiger charge is 2.29. The van der Waals surface area contributed by atoms with Crippen LogP contribution < -0.4 is 0 Å². The monoisotopic (exact) mass is 664 g/mol. The van der Waals surface area contributed by atoms with E-state index in [4.69, 9.17) is 0 Å². The third-order valence-corrected chi connectivity index (χ3v) is 12.0. The number of nitrogens with zero attached hydrogens (tertiary/aromatic N) is 3. The lowest BCUT2D eigenvalue weighted by Gasteiger charge is -2.13. The quantitative estimate of drug-likeness (QED) is 0.203. The Hall–Kier alpha value is -6.36. The molecule has 0 saturated carbocycles. The molecular formula is C43H28N4O2S. The minimum Gasteiger partial charge on any atom is -0.354 e. The molecule has 238 valence electrons. The van der Waals surface area contributed by atoms with Gasteiger partial charge in [-0.1, -0.05) is 60.7 Å². The van der Waals surface area contributed by atoms with Gasteiger partial charge in [-0.15, -0.1) is 0 Å². The number of aromatic nitrogens is 3. The second-order valence-corrected chi connectivity index (χ2v) is 14.8. The number of aryl methyl sites for hydroxylation is 1. The molecule has 0 radical (unpaired) electrons. The van der Waals surface area contributed by atoms with E-state index in [2.05, 4.69) is 111 Å². The average molecular weight is 665 g/mol. The first-order chi connectivity index (χ1) is 24.5. The lowest BCUT2D eigenvalue weighted by Crippen LogP contribution is -2.03. The Morgan fingerprint density at radius 2 is 1.28 bits per heavy atom. The fraction of sp³-hybridized carbons (Fsp3) is 0.0465. The first-order valence-electron chi connectivity index (χ1n) is 16.6. The third-order valence-electron chi connectivity index (χ3n) is 10.2. The van der Waals surface area contributed by atoms with Gasteiger partial charge in [0.2, 0.25) is 9.84 Å². The van der Waals surface area contributed by atoms with E-state index in [-0.39, 0.29) is 9.79 Å². The summed E-state index contributed by atoms with van der Waals surface area (Å²) >= 11 is 0. The Balaban J connectivity index is 1.35. The molecule has 3 heterocycles. The van der Waals surface area contributed by atoms with Crippen LogP contribution in [0.15, 0.2) is 143 Å². The lowest BCUT2D eigenvalue weighted by atomic mass is 9.97. The molecule has 1 N–H and O–H groups in total. The first kappa shape index (κ1) is 28.6. The van der Waals surface area contributed by atoms with Crippen LogP contribution in [0.1, 0.15) is 23.2 Å². The molecule has 6 aromatic carbocycles. The van der Waals surface area contributed by atoms with Crippen molar-refractivity contribution in [2.75, 3.05) is 0 Å². The molecule has 0 saturated heterocycles. The van der Waals surface area contributed by atoms with Crippen molar-refractivity contribution < 1.29 is 8.42 Å². The molecule has 7 heteroatoms. The van der Waals surface area contributed by atoms with Crippen molar-refractivity contribution in [2.45, 2.75) is 22.6 Å². The number of hydrogen-bond acceptors (Lipinski definition) is 3. The predicted molar refractivity (Wildman–Crippen MR) is 201 cm³/mol. The molecule has 1 aliphatic rings. The molecular weight excluding hydrogens is 637 g/mol. The largest absolute Gasteiger partial charge is 0.354 e. The van der Waals surface area contributed by atoms with Crippen molar-refractivity contribution in [1.29, 1.82) is 5.26 Å². The Labute approximate surface area is 287 Å². The molecule has 0 atom stereocenters. The molecule has 0 aliphatic heterocycles. The SMILES string of the molecule is N#Cc1ccc(S(=O)(=O)c2ccc(-n3c4ccccc4c4c5c(c6c(n5-c5ccccc5)C=CCC6)c5[nH]c6ccccc6c5c43)cc2)cc1. The summed E-state index contributed by atoms with van der Waals surface area (Å²) in [4.78, 5) is 4.21. The molecule has 1 aliphatic carbocycles. The topological polar surface area (TPSA) is 83.6 Å². The summed E-state index contributed by atoms with van der Waals surface area (Å²) in [6, 6.07) is 42.9. The molecule has 0 amide bonds. The van der Waals surface area contributed by atoms with Gasteiger partial charge in [-0.25, -0.2) is 8.42 Å². The van der Waals surface area contributed by atoms with E-state index in [1.807, 2.05) is 12.1 Å². The number of benzene rings is 6. The Kier molecular flexibility index (Phi) is 6.05. The maximum Gasteiger partial charge on any atom is 0.206 e. The number of H-pyrrole nitrogens is 1. The smallest absolute Gasteiger partial charge is 0.206 e. The number of aromatic amines is 1. The van der Waals surface area contributed by atoms with Crippen LogP contribution in [-0.4, -0.2) is 22.5 Å².